The number of hydrogen-bond acceptors (Lipinski definition) is 7. The monoisotopic (exact) mass is 477 g/mol. The highest BCUT2D eigenvalue weighted by atomic mass is 16.5. The predicted octanol–water partition coefficient (Wildman–Crippen LogP) is 2.42. The van der Waals surface area contributed by atoms with Crippen LogP contribution in [0.25, 0.3) is 17.0 Å². The van der Waals surface area contributed by atoms with Crippen molar-refractivity contribution in [3.63, 3.8) is 0 Å². The smallest absolute Gasteiger partial charge is 0.278 e. The SMILES string of the molecule is COc1cc(N2C(=O)CC(c3c(C)[nH]n(-c4nc5ccccc5[nH]4)c3=O)C2=O)cc(OC)c1OC. The van der Waals surface area contributed by atoms with Gasteiger partial charge in [0.05, 0.1) is 49.5 Å². The molecular formula is C24H23N5O6. The number of carbonyl (C=O) groups is 2. The molecule has 2 aromatic carbocycles. The summed E-state index contributed by atoms with van der Waals surface area (Å²) in [7, 11) is 4.35. The molecule has 11 nitrogen and oxygen atoms in total. The lowest BCUT2D eigenvalue weighted by molar-refractivity contribution is -0.121. The third-order valence-corrected chi connectivity index (χ3v) is 6.11. The Morgan fingerprint density at radius 3 is 2.31 bits per heavy atom. The molecule has 1 fully saturated rings. The maximum Gasteiger partial charge on any atom is 0.278 e. The molecule has 0 spiro atoms. The first-order valence-electron chi connectivity index (χ1n) is 10.8. The Labute approximate surface area is 199 Å². The number of rotatable bonds is 6. The number of imidazole rings is 1. The van der Waals surface area contributed by atoms with E-state index in [2.05, 4.69) is 15.1 Å². The molecule has 11 heteroatoms. The highest BCUT2D eigenvalue weighted by Crippen LogP contribution is 2.43. The number of hydrogen-bond donors (Lipinski definition) is 2. The molecule has 2 N–H and O–H groups in total. The number of para-hydroxylation sites is 2. The molecule has 0 aliphatic carbocycles. The fraction of sp³-hybridized carbons (Fsp3) is 0.250. The molecule has 35 heavy (non-hydrogen) atoms. The third-order valence-electron chi connectivity index (χ3n) is 6.11. The summed E-state index contributed by atoms with van der Waals surface area (Å²) in [5, 5.41) is 2.98. The number of methoxy groups -OCH3 is 3. The number of imide groups is 1. The van der Waals surface area contributed by atoms with Crippen LogP contribution in [-0.2, 0) is 9.59 Å². The Hall–Kier alpha value is -4.54. The second-order valence-corrected chi connectivity index (χ2v) is 8.08. The van der Waals surface area contributed by atoms with Crippen molar-refractivity contribution in [3.05, 3.63) is 58.0 Å². The number of nitrogens with one attached hydrogen (secondary N) is 2. The Bertz CT molecular complexity index is 1470. The number of aromatic nitrogens is 4. The molecule has 1 unspecified atom stereocenters. The molecule has 180 valence electrons. The van der Waals surface area contributed by atoms with Crippen molar-refractivity contribution in [2.24, 2.45) is 0 Å². The standard InChI is InChI=1S/C24H23N5O6/c1-12-20(23(32)29(27-12)24-25-15-7-5-6-8-16(15)26-24)14-11-19(30)28(22(14)31)13-9-17(33-2)21(35-4)18(10-13)34-3/h5-10,14,27H,11H2,1-4H3,(H,25,26). The van der Waals surface area contributed by atoms with Crippen molar-refractivity contribution in [3.8, 4) is 23.2 Å². The van der Waals surface area contributed by atoms with Crippen LogP contribution in [0.1, 0.15) is 23.6 Å². The first-order valence-corrected chi connectivity index (χ1v) is 10.8. The van der Waals surface area contributed by atoms with Gasteiger partial charge in [-0.3, -0.25) is 19.5 Å². The van der Waals surface area contributed by atoms with Gasteiger partial charge in [0.1, 0.15) is 0 Å². The fourth-order valence-electron chi connectivity index (χ4n) is 4.49. The van der Waals surface area contributed by atoms with E-state index in [0.29, 0.717) is 34.4 Å². The summed E-state index contributed by atoms with van der Waals surface area (Å²) in [6, 6.07) is 10.4. The van der Waals surface area contributed by atoms with Crippen molar-refractivity contribution in [1.29, 1.82) is 0 Å². The number of benzene rings is 2. The van der Waals surface area contributed by atoms with Crippen molar-refractivity contribution in [2.75, 3.05) is 26.2 Å². The zero-order chi connectivity index (χ0) is 24.9. The van der Waals surface area contributed by atoms with Gasteiger partial charge in [0.15, 0.2) is 11.5 Å². The number of aryl methyl sites for hydroxylation is 1. The van der Waals surface area contributed by atoms with E-state index < -0.39 is 23.3 Å². The van der Waals surface area contributed by atoms with Crippen molar-refractivity contribution in [2.45, 2.75) is 19.3 Å². The van der Waals surface area contributed by atoms with Crippen LogP contribution in [0.15, 0.2) is 41.2 Å². The molecule has 1 aliphatic rings. The lowest BCUT2D eigenvalue weighted by atomic mass is 9.98. The largest absolute Gasteiger partial charge is 0.493 e. The Balaban J connectivity index is 1.54. The van der Waals surface area contributed by atoms with Crippen molar-refractivity contribution >= 4 is 28.5 Å². The van der Waals surface area contributed by atoms with Crippen LogP contribution >= 0.6 is 0 Å². The van der Waals surface area contributed by atoms with Gasteiger partial charge in [-0.2, -0.15) is 4.68 Å². The molecule has 1 atom stereocenters. The Morgan fingerprint density at radius 2 is 1.69 bits per heavy atom. The molecule has 0 radical (unpaired) electrons. The average molecular weight is 477 g/mol. The van der Waals surface area contributed by atoms with E-state index in [0.717, 1.165) is 10.4 Å². The lowest BCUT2D eigenvalue weighted by Crippen LogP contribution is -2.31. The summed E-state index contributed by atoms with van der Waals surface area (Å²) >= 11 is 0. The second kappa shape index (κ2) is 8.35. The van der Waals surface area contributed by atoms with Crippen LogP contribution in [0.4, 0.5) is 5.69 Å². The minimum atomic E-state index is -0.948. The highest BCUT2D eigenvalue weighted by molar-refractivity contribution is 6.23. The normalized spacial score (nSPS) is 15.8. The number of aromatic amines is 2. The molecule has 1 aliphatic heterocycles. The number of ether oxygens (including phenoxy) is 3. The predicted molar refractivity (Wildman–Crippen MR) is 127 cm³/mol. The van der Waals surface area contributed by atoms with Gasteiger partial charge in [-0.1, -0.05) is 12.1 Å². The average Bonchev–Trinajstić information content (AvgIpc) is 3.50. The molecule has 3 heterocycles. The number of anilines is 1. The highest BCUT2D eigenvalue weighted by Gasteiger charge is 2.43. The summed E-state index contributed by atoms with van der Waals surface area (Å²) in [5.74, 6) is -0.666. The van der Waals surface area contributed by atoms with Gasteiger partial charge in [0.25, 0.3) is 5.56 Å². The van der Waals surface area contributed by atoms with Gasteiger partial charge in [-0.15, -0.1) is 0 Å². The fourth-order valence-corrected chi connectivity index (χ4v) is 4.49. The number of carbonyl (C=O) groups excluding carboxylic acids is 2. The molecular weight excluding hydrogens is 454 g/mol. The number of nitrogens with zero attached hydrogens (tertiary/aromatic N) is 3. The van der Waals surface area contributed by atoms with E-state index in [-0.39, 0.29) is 17.7 Å². The van der Waals surface area contributed by atoms with Gasteiger partial charge < -0.3 is 19.2 Å². The van der Waals surface area contributed by atoms with E-state index in [1.165, 1.54) is 38.1 Å². The van der Waals surface area contributed by atoms with Crippen molar-refractivity contribution < 1.29 is 23.8 Å². The Morgan fingerprint density at radius 1 is 1.00 bits per heavy atom. The minimum Gasteiger partial charge on any atom is -0.493 e. The molecule has 5 rings (SSSR count). The molecule has 2 aromatic heterocycles. The Kier molecular flexibility index (Phi) is 5.31. The maximum atomic E-state index is 13.5. The third kappa shape index (κ3) is 3.43. The van der Waals surface area contributed by atoms with E-state index in [1.54, 1.807) is 6.92 Å². The van der Waals surface area contributed by atoms with Gasteiger partial charge in [-0.25, -0.2) is 9.88 Å². The zero-order valence-electron chi connectivity index (χ0n) is 19.5. The number of amides is 2. The minimum absolute atomic E-state index is 0.149. The molecule has 0 bridgehead atoms. The summed E-state index contributed by atoms with van der Waals surface area (Å²) in [4.78, 5) is 48.4. The van der Waals surface area contributed by atoms with Gasteiger partial charge in [0, 0.05) is 24.2 Å². The van der Waals surface area contributed by atoms with Crippen LogP contribution in [0.3, 0.4) is 0 Å². The summed E-state index contributed by atoms with van der Waals surface area (Å²) in [6.45, 7) is 1.69. The number of H-pyrrole nitrogens is 2. The van der Waals surface area contributed by atoms with Crippen LogP contribution in [0, 0.1) is 6.92 Å². The van der Waals surface area contributed by atoms with E-state index in [1.807, 2.05) is 24.3 Å². The maximum absolute atomic E-state index is 13.5. The first-order chi connectivity index (χ1) is 16.9. The molecule has 0 saturated carbocycles. The zero-order valence-corrected chi connectivity index (χ0v) is 19.5. The van der Waals surface area contributed by atoms with Crippen LogP contribution in [0.5, 0.6) is 17.2 Å². The molecule has 2 amide bonds. The van der Waals surface area contributed by atoms with Crippen LogP contribution in [0.2, 0.25) is 0 Å². The summed E-state index contributed by atoms with van der Waals surface area (Å²) < 4.78 is 17.3. The van der Waals surface area contributed by atoms with Crippen LogP contribution < -0.4 is 24.7 Å². The molecule has 4 aromatic rings. The quantitative estimate of drug-likeness (QED) is 0.408. The summed E-state index contributed by atoms with van der Waals surface area (Å²) in [5.41, 5.74) is 1.99. The van der Waals surface area contributed by atoms with Gasteiger partial charge >= 0.3 is 0 Å². The summed E-state index contributed by atoms with van der Waals surface area (Å²) in [6.07, 6.45) is -0.149. The molecule has 1 saturated heterocycles. The van der Waals surface area contributed by atoms with E-state index >= 15 is 0 Å². The van der Waals surface area contributed by atoms with E-state index in [4.69, 9.17) is 14.2 Å². The number of fused-ring (bicyclic) bond motifs is 1. The topological polar surface area (TPSA) is 132 Å². The van der Waals surface area contributed by atoms with E-state index in [9.17, 15) is 14.4 Å². The first kappa shape index (κ1) is 22.3. The van der Waals surface area contributed by atoms with Gasteiger partial charge in [-0.05, 0) is 19.1 Å². The van der Waals surface area contributed by atoms with Crippen molar-refractivity contribution in [1.82, 2.24) is 19.7 Å². The lowest BCUT2D eigenvalue weighted by Gasteiger charge is -2.19. The second-order valence-electron chi connectivity index (χ2n) is 8.08. The van der Waals surface area contributed by atoms with Crippen LogP contribution in [-0.4, -0.2) is 52.9 Å². The van der Waals surface area contributed by atoms with Gasteiger partial charge in [0.2, 0.25) is 23.5 Å².